The second kappa shape index (κ2) is 8.84. The summed E-state index contributed by atoms with van der Waals surface area (Å²) in [5.41, 5.74) is 1.69. The minimum absolute atomic E-state index is 0.242. The van der Waals surface area contributed by atoms with E-state index in [0.717, 1.165) is 25.0 Å². The zero-order chi connectivity index (χ0) is 25.6. The van der Waals surface area contributed by atoms with Gasteiger partial charge in [0.25, 0.3) is 5.56 Å². The van der Waals surface area contributed by atoms with Crippen LogP contribution in [-0.4, -0.2) is 35.3 Å². The van der Waals surface area contributed by atoms with Gasteiger partial charge in [-0.25, -0.2) is 19.6 Å². The standard InChI is InChI=1S/C26H20F3N7O/c27-26(28,29)17-3-7-20(8-4-17)36-24-21(2-1-11-30-24)23(34-36)16-10-13-35(22(37)14-16)15-19-9-12-31-25(33-19)32-18-5-6-18/h1-4,7-14,18H,5-6,15H2,(H,31,32,33). The van der Waals surface area contributed by atoms with Gasteiger partial charge >= 0.3 is 6.18 Å². The SMILES string of the molecule is O=c1cc(-c2nn(-c3ccc(C(F)(F)F)cc3)c3ncccc23)ccn1Cc1ccnc(NC2CC2)n1. The van der Waals surface area contributed by atoms with E-state index in [1.54, 1.807) is 41.4 Å². The highest BCUT2D eigenvalue weighted by atomic mass is 19.4. The number of hydrogen-bond acceptors (Lipinski definition) is 6. The highest BCUT2D eigenvalue weighted by molar-refractivity contribution is 5.91. The van der Waals surface area contributed by atoms with Crippen LogP contribution in [0.15, 0.2) is 78.0 Å². The van der Waals surface area contributed by atoms with Crippen LogP contribution in [0.5, 0.6) is 0 Å². The molecule has 0 saturated heterocycles. The molecule has 0 atom stereocenters. The summed E-state index contributed by atoms with van der Waals surface area (Å²) >= 11 is 0. The first-order chi connectivity index (χ1) is 17.8. The molecule has 1 fully saturated rings. The van der Waals surface area contributed by atoms with E-state index in [2.05, 4.69) is 25.4 Å². The fraction of sp³-hybridized carbons (Fsp3) is 0.192. The summed E-state index contributed by atoms with van der Waals surface area (Å²) in [6.45, 7) is 0.281. The summed E-state index contributed by atoms with van der Waals surface area (Å²) in [5, 5.41) is 8.54. The number of pyridine rings is 2. The third kappa shape index (κ3) is 4.67. The molecular weight excluding hydrogens is 483 g/mol. The molecule has 1 saturated carbocycles. The first kappa shape index (κ1) is 22.9. The second-order valence-electron chi connectivity index (χ2n) is 8.85. The molecule has 5 aromatic rings. The van der Waals surface area contributed by atoms with Gasteiger partial charge in [-0.05, 0) is 61.4 Å². The van der Waals surface area contributed by atoms with Crippen molar-refractivity contribution in [2.24, 2.45) is 0 Å². The molecule has 0 radical (unpaired) electrons. The van der Waals surface area contributed by atoms with Gasteiger partial charge in [-0.1, -0.05) is 0 Å². The quantitative estimate of drug-likeness (QED) is 0.362. The molecule has 37 heavy (non-hydrogen) atoms. The maximum absolute atomic E-state index is 13.0. The summed E-state index contributed by atoms with van der Waals surface area (Å²) in [7, 11) is 0. The highest BCUT2D eigenvalue weighted by Gasteiger charge is 2.30. The number of benzene rings is 1. The molecule has 186 valence electrons. The van der Waals surface area contributed by atoms with Gasteiger partial charge < -0.3 is 9.88 Å². The number of nitrogens with one attached hydrogen (secondary N) is 1. The number of hydrogen-bond donors (Lipinski definition) is 1. The lowest BCUT2D eigenvalue weighted by atomic mass is 10.1. The minimum Gasteiger partial charge on any atom is -0.351 e. The summed E-state index contributed by atoms with van der Waals surface area (Å²) in [4.78, 5) is 26.1. The topological polar surface area (TPSA) is 90.5 Å². The van der Waals surface area contributed by atoms with Crippen LogP contribution in [0.2, 0.25) is 0 Å². The molecule has 1 N–H and O–H groups in total. The number of halogens is 3. The Hall–Kier alpha value is -4.54. The number of fused-ring (bicyclic) bond motifs is 1. The van der Waals surface area contributed by atoms with Gasteiger partial charge in [-0.15, -0.1) is 0 Å². The van der Waals surface area contributed by atoms with Crippen molar-refractivity contribution < 1.29 is 13.2 Å². The Bertz CT molecular complexity index is 1650. The maximum atomic E-state index is 13.0. The lowest BCUT2D eigenvalue weighted by Gasteiger charge is -2.08. The van der Waals surface area contributed by atoms with Crippen molar-refractivity contribution in [3.63, 3.8) is 0 Å². The Morgan fingerprint density at radius 2 is 1.81 bits per heavy atom. The third-order valence-electron chi connectivity index (χ3n) is 6.11. The Balaban J connectivity index is 1.33. The van der Waals surface area contributed by atoms with Crippen LogP contribution in [0.25, 0.3) is 28.0 Å². The smallest absolute Gasteiger partial charge is 0.351 e. The lowest BCUT2D eigenvalue weighted by Crippen LogP contribution is -2.20. The largest absolute Gasteiger partial charge is 0.416 e. The van der Waals surface area contributed by atoms with E-state index in [1.807, 2.05) is 6.07 Å². The molecule has 6 rings (SSSR count). The predicted molar refractivity (Wildman–Crippen MR) is 131 cm³/mol. The Morgan fingerprint density at radius 3 is 2.54 bits per heavy atom. The molecule has 1 aliphatic carbocycles. The Kier molecular flexibility index (Phi) is 5.47. The molecule has 0 spiro atoms. The van der Waals surface area contributed by atoms with Crippen LogP contribution in [-0.2, 0) is 12.7 Å². The summed E-state index contributed by atoms with van der Waals surface area (Å²) in [5.74, 6) is 0.553. The van der Waals surface area contributed by atoms with Crippen molar-refractivity contribution in [3.05, 3.63) is 94.8 Å². The average molecular weight is 503 g/mol. The van der Waals surface area contributed by atoms with E-state index in [4.69, 9.17) is 0 Å². The predicted octanol–water partition coefficient (Wildman–Crippen LogP) is 4.68. The maximum Gasteiger partial charge on any atom is 0.416 e. The molecule has 0 bridgehead atoms. The van der Waals surface area contributed by atoms with Gasteiger partial charge in [0.1, 0.15) is 5.69 Å². The molecule has 1 aliphatic rings. The van der Waals surface area contributed by atoms with E-state index in [-0.39, 0.29) is 12.1 Å². The first-order valence-electron chi connectivity index (χ1n) is 11.7. The summed E-state index contributed by atoms with van der Waals surface area (Å²) < 4.78 is 42.0. The summed E-state index contributed by atoms with van der Waals surface area (Å²) in [6, 6.07) is 13.7. The van der Waals surface area contributed by atoms with Crippen molar-refractivity contribution in [3.8, 4) is 16.9 Å². The monoisotopic (exact) mass is 503 g/mol. The number of rotatable bonds is 6. The van der Waals surface area contributed by atoms with Crippen molar-refractivity contribution in [2.75, 3.05) is 5.32 Å². The van der Waals surface area contributed by atoms with Crippen molar-refractivity contribution in [2.45, 2.75) is 31.6 Å². The van der Waals surface area contributed by atoms with E-state index in [0.29, 0.717) is 45.7 Å². The molecule has 1 aromatic carbocycles. The van der Waals surface area contributed by atoms with Gasteiger partial charge in [0.2, 0.25) is 5.95 Å². The third-order valence-corrected chi connectivity index (χ3v) is 6.11. The van der Waals surface area contributed by atoms with Crippen molar-refractivity contribution >= 4 is 17.0 Å². The van der Waals surface area contributed by atoms with Gasteiger partial charge in [-0.3, -0.25) is 4.79 Å². The molecule has 11 heteroatoms. The number of aromatic nitrogens is 6. The van der Waals surface area contributed by atoms with E-state index < -0.39 is 11.7 Å². The second-order valence-corrected chi connectivity index (χ2v) is 8.85. The van der Waals surface area contributed by atoms with Gasteiger partial charge in [0, 0.05) is 41.6 Å². The van der Waals surface area contributed by atoms with Crippen molar-refractivity contribution in [1.82, 2.24) is 29.3 Å². The first-order valence-corrected chi connectivity index (χ1v) is 11.7. The van der Waals surface area contributed by atoms with E-state index in [1.165, 1.54) is 22.9 Å². The van der Waals surface area contributed by atoms with Crippen LogP contribution in [0, 0.1) is 0 Å². The van der Waals surface area contributed by atoms with Gasteiger partial charge in [-0.2, -0.15) is 18.3 Å². The Labute approximate surface area is 208 Å². The van der Waals surface area contributed by atoms with Gasteiger partial charge in [0.15, 0.2) is 5.65 Å². The fourth-order valence-electron chi connectivity index (χ4n) is 4.06. The molecule has 4 heterocycles. The average Bonchev–Trinajstić information content (AvgIpc) is 3.62. The lowest BCUT2D eigenvalue weighted by molar-refractivity contribution is -0.137. The number of alkyl halides is 3. The van der Waals surface area contributed by atoms with Crippen LogP contribution in [0.3, 0.4) is 0 Å². The molecular formula is C26H20F3N7O. The van der Waals surface area contributed by atoms with Crippen LogP contribution >= 0.6 is 0 Å². The van der Waals surface area contributed by atoms with Crippen LogP contribution in [0.4, 0.5) is 19.1 Å². The van der Waals surface area contributed by atoms with E-state index in [9.17, 15) is 18.0 Å². The van der Waals surface area contributed by atoms with Crippen molar-refractivity contribution in [1.29, 1.82) is 0 Å². The highest BCUT2D eigenvalue weighted by Crippen LogP contribution is 2.31. The van der Waals surface area contributed by atoms with Gasteiger partial charge in [0.05, 0.1) is 23.5 Å². The fourth-order valence-corrected chi connectivity index (χ4v) is 4.06. The zero-order valence-corrected chi connectivity index (χ0v) is 19.4. The van der Waals surface area contributed by atoms with Crippen LogP contribution < -0.4 is 10.9 Å². The van der Waals surface area contributed by atoms with E-state index >= 15 is 0 Å². The molecule has 8 nitrogen and oxygen atoms in total. The van der Waals surface area contributed by atoms with Crippen LogP contribution in [0.1, 0.15) is 24.1 Å². The molecule has 0 unspecified atom stereocenters. The molecule has 0 aliphatic heterocycles. The Morgan fingerprint density at radius 1 is 1.00 bits per heavy atom. The summed E-state index contributed by atoms with van der Waals surface area (Å²) in [6.07, 6.45) is 2.70. The minimum atomic E-state index is -4.43. The normalized spacial score (nSPS) is 13.7. The number of anilines is 1. The molecule has 4 aromatic heterocycles. The zero-order valence-electron chi connectivity index (χ0n) is 19.4. The number of nitrogens with zero attached hydrogens (tertiary/aromatic N) is 6. The molecule has 0 amide bonds.